The van der Waals surface area contributed by atoms with Crippen molar-refractivity contribution in [1.82, 2.24) is 5.32 Å². The molecule has 1 fully saturated rings. The van der Waals surface area contributed by atoms with Crippen molar-refractivity contribution < 1.29 is 13.7 Å². The molecule has 2 aliphatic rings. The Morgan fingerprint density at radius 1 is 1.48 bits per heavy atom. The summed E-state index contributed by atoms with van der Waals surface area (Å²) in [7, 11) is 0.772. The zero-order chi connectivity index (χ0) is 16.2. The molecule has 0 aromatic heterocycles. The first-order valence-corrected chi connectivity index (χ1v) is 9.33. The molecule has 0 bridgehead atoms. The molecule has 1 aromatic carbocycles. The van der Waals surface area contributed by atoms with Gasteiger partial charge in [0, 0.05) is 31.3 Å². The second-order valence-corrected chi connectivity index (χ2v) is 7.22. The zero-order valence-electron chi connectivity index (χ0n) is 13.6. The van der Waals surface area contributed by atoms with Gasteiger partial charge in [-0.1, -0.05) is 6.07 Å². The van der Waals surface area contributed by atoms with Gasteiger partial charge in [0.1, 0.15) is 29.2 Å². The SMILES string of the molecule is CN(c1cccc(OCC2=NCCN2)c1CC1COC1)S(C)=O. The van der Waals surface area contributed by atoms with E-state index in [0.29, 0.717) is 12.5 Å². The van der Waals surface area contributed by atoms with E-state index in [2.05, 4.69) is 10.3 Å². The Morgan fingerprint density at radius 3 is 2.91 bits per heavy atom. The fraction of sp³-hybridized carbons (Fsp3) is 0.562. The number of hydrogen-bond acceptors (Lipinski definition) is 5. The molecule has 7 heteroatoms. The van der Waals surface area contributed by atoms with Gasteiger partial charge in [0.15, 0.2) is 0 Å². The summed E-state index contributed by atoms with van der Waals surface area (Å²) in [5, 5.41) is 3.21. The Bertz CT molecular complexity index is 617. The van der Waals surface area contributed by atoms with Crippen LogP contribution in [0.3, 0.4) is 0 Å². The van der Waals surface area contributed by atoms with Crippen LogP contribution in [0.5, 0.6) is 5.75 Å². The maximum atomic E-state index is 11.9. The predicted octanol–water partition coefficient (Wildman–Crippen LogP) is 0.986. The summed E-state index contributed by atoms with van der Waals surface area (Å²) >= 11 is 0. The first-order chi connectivity index (χ1) is 11.1. The molecule has 1 N–H and O–H groups in total. The van der Waals surface area contributed by atoms with Crippen molar-refractivity contribution in [2.75, 3.05) is 50.5 Å². The standard InChI is InChI=1S/C16H23N3O3S/c1-19(23(2)20)14-4-3-5-15(13(14)8-12-9-21-10-12)22-11-16-17-6-7-18-16/h3-5,12H,6-11H2,1-2H3,(H,17,18). The van der Waals surface area contributed by atoms with Crippen molar-refractivity contribution in [3.8, 4) is 5.75 Å². The third-order valence-corrected chi connectivity index (χ3v) is 5.11. The second-order valence-electron chi connectivity index (χ2n) is 5.83. The number of aliphatic imine (C=N–C) groups is 1. The predicted molar refractivity (Wildman–Crippen MR) is 92.7 cm³/mol. The lowest BCUT2D eigenvalue weighted by atomic mass is 9.96. The van der Waals surface area contributed by atoms with Crippen molar-refractivity contribution >= 4 is 22.5 Å². The molecule has 23 heavy (non-hydrogen) atoms. The van der Waals surface area contributed by atoms with Crippen LogP contribution in [-0.4, -0.2) is 56.3 Å². The number of benzene rings is 1. The molecule has 2 heterocycles. The number of nitrogens with zero attached hydrogens (tertiary/aromatic N) is 2. The van der Waals surface area contributed by atoms with Crippen LogP contribution in [0.15, 0.2) is 23.2 Å². The summed E-state index contributed by atoms with van der Waals surface area (Å²) in [5.41, 5.74) is 2.05. The smallest absolute Gasteiger partial charge is 0.145 e. The third kappa shape index (κ3) is 3.84. The van der Waals surface area contributed by atoms with Gasteiger partial charge in [-0.25, -0.2) is 4.21 Å². The molecule has 3 rings (SSSR count). The molecule has 1 aromatic rings. The van der Waals surface area contributed by atoms with Crippen LogP contribution < -0.4 is 14.4 Å². The first-order valence-electron chi connectivity index (χ1n) is 7.82. The monoisotopic (exact) mass is 337 g/mol. The Hall–Kier alpha value is -1.60. The average Bonchev–Trinajstić information content (AvgIpc) is 3.01. The van der Waals surface area contributed by atoms with E-state index >= 15 is 0 Å². The molecule has 0 radical (unpaired) electrons. The minimum Gasteiger partial charge on any atom is -0.485 e. The van der Waals surface area contributed by atoms with Crippen LogP contribution >= 0.6 is 0 Å². The highest BCUT2D eigenvalue weighted by Crippen LogP contribution is 2.33. The third-order valence-electron chi connectivity index (χ3n) is 4.14. The van der Waals surface area contributed by atoms with E-state index in [-0.39, 0.29) is 0 Å². The summed E-state index contributed by atoms with van der Waals surface area (Å²) in [6.07, 6.45) is 2.55. The van der Waals surface area contributed by atoms with Crippen LogP contribution in [0.1, 0.15) is 5.56 Å². The van der Waals surface area contributed by atoms with Crippen molar-refractivity contribution in [3.05, 3.63) is 23.8 Å². The van der Waals surface area contributed by atoms with E-state index in [1.54, 1.807) is 10.6 Å². The van der Waals surface area contributed by atoms with Crippen LogP contribution in [0, 0.1) is 5.92 Å². The normalized spacial score (nSPS) is 18.8. The molecule has 0 saturated carbocycles. The van der Waals surface area contributed by atoms with Crippen molar-refractivity contribution in [2.45, 2.75) is 6.42 Å². The number of hydrogen-bond donors (Lipinski definition) is 1. The van der Waals surface area contributed by atoms with E-state index in [0.717, 1.165) is 55.6 Å². The van der Waals surface area contributed by atoms with Crippen molar-refractivity contribution in [1.29, 1.82) is 0 Å². The maximum absolute atomic E-state index is 11.9. The quantitative estimate of drug-likeness (QED) is 0.806. The number of anilines is 1. The van der Waals surface area contributed by atoms with Gasteiger partial charge in [-0.15, -0.1) is 0 Å². The lowest BCUT2D eigenvalue weighted by Gasteiger charge is -2.29. The Kier molecular flexibility index (Phi) is 5.17. The molecule has 0 amide bonds. The first kappa shape index (κ1) is 16.3. The van der Waals surface area contributed by atoms with E-state index < -0.39 is 11.0 Å². The Labute approximate surface area is 139 Å². The molecule has 2 aliphatic heterocycles. The topological polar surface area (TPSA) is 63.2 Å². The van der Waals surface area contributed by atoms with Gasteiger partial charge in [-0.3, -0.25) is 9.30 Å². The van der Waals surface area contributed by atoms with Gasteiger partial charge >= 0.3 is 0 Å². The molecule has 1 unspecified atom stereocenters. The van der Waals surface area contributed by atoms with E-state index in [9.17, 15) is 4.21 Å². The summed E-state index contributed by atoms with van der Waals surface area (Å²) in [5.74, 6) is 2.22. The van der Waals surface area contributed by atoms with Gasteiger partial charge in [0.2, 0.25) is 0 Å². The lowest BCUT2D eigenvalue weighted by Crippen LogP contribution is -2.31. The molecule has 0 spiro atoms. The van der Waals surface area contributed by atoms with Crippen LogP contribution in [-0.2, 0) is 22.1 Å². The average molecular weight is 337 g/mol. The van der Waals surface area contributed by atoms with Gasteiger partial charge in [0.05, 0.1) is 25.4 Å². The molecule has 126 valence electrons. The fourth-order valence-electron chi connectivity index (χ4n) is 2.71. The summed E-state index contributed by atoms with van der Waals surface area (Å²) in [6, 6.07) is 5.91. The van der Waals surface area contributed by atoms with Crippen LogP contribution in [0.25, 0.3) is 0 Å². The molecule has 1 atom stereocenters. The minimum absolute atomic E-state index is 0.441. The zero-order valence-corrected chi connectivity index (χ0v) is 14.4. The van der Waals surface area contributed by atoms with Gasteiger partial charge in [-0.2, -0.15) is 0 Å². The summed E-state index contributed by atoms with van der Waals surface area (Å²) < 4.78 is 25.0. The van der Waals surface area contributed by atoms with E-state index in [1.165, 1.54) is 0 Å². The van der Waals surface area contributed by atoms with Crippen molar-refractivity contribution in [2.24, 2.45) is 10.9 Å². The largest absolute Gasteiger partial charge is 0.485 e. The fourth-order valence-corrected chi connectivity index (χ4v) is 3.16. The highest BCUT2D eigenvalue weighted by Gasteiger charge is 2.24. The number of amidine groups is 1. The Balaban J connectivity index is 1.83. The second kappa shape index (κ2) is 7.31. The van der Waals surface area contributed by atoms with E-state index in [4.69, 9.17) is 9.47 Å². The van der Waals surface area contributed by atoms with Crippen molar-refractivity contribution in [3.63, 3.8) is 0 Å². The van der Waals surface area contributed by atoms with Gasteiger partial charge in [0.25, 0.3) is 0 Å². The summed E-state index contributed by atoms with van der Waals surface area (Å²) in [4.78, 5) is 4.36. The molecule has 6 nitrogen and oxygen atoms in total. The number of ether oxygens (including phenoxy) is 2. The van der Waals surface area contributed by atoms with Gasteiger partial charge < -0.3 is 14.8 Å². The highest BCUT2D eigenvalue weighted by atomic mass is 32.2. The minimum atomic E-state index is -1.07. The Morgan fingerprint density at radius 2 is 2.30 bits per heavy atom. The highest BCUT2D eigenvalue weighted by molar-refractivity contribution is 7.85. The summed E-state index contributed by atoms with van der Waals surface area (Å²) in [6.45, 7) is 3.68. The molecular formula is C16H23N3O3S. The number of nitrogens with one attached hydrogen (secondary N) is 1. The molecule has 0 aliphatic carbocycles. The van der Waals surface area contributed by atoms with Crippen LogP contribution in [0.4, 0.5) is 5.69 Å². The molecular weight excluding hydrogens is 314 g/mol. The molecule has 1 saturated heterocycles. The van der Waals surface area contributed by atoms with Crippen LogP contribution in [0.2, 0.25) is 0 Å². The maximum Gasteiger partial charge on any atom is 0.145 e. The lowest BCUT2D eigenvalue weighted by molar-refractivity contribution is -0.0313. The van der Waals surface area contributed by atoms with E-state index in [1.807, 2.05) is 25.2 Å². The number of rotatable bonds is 7. The van der Waals surface area contributed by atoms with Gasteiger partial charge in [-0.05, 0) is 18.6 Å².